The summed E-state index contributed by atoms with van der Waals surface area (Å²) in [6.45, 7) is 15.6. The highest BCUT2D eigenvalue weighted by Crippen LogP contribution is 2.03. The fourth-order valence-corrected chi connectivity index (χ4v) is 2.84. The van der Waals surface area contributed by atoms with Crippen molar-refractivity contribution < 1.29 is 8.42 Å². The molecule has 0 heterocycles. The van der Waals surface area contributed by atoms with Gasteiger partial charge in [-0.15, -0.1) is 0 Å². The molecule has 8 heteroatoms. The molecule has 0 aliphatic rings. The summed E-state index contributed by atoms with van der Waals surface area (Å²) >= 11 is 0. The van der Waals surface area contributed by atoms with E-state index in [1.54, 1.807) is 6.92 Å². The maximum atomic E-state index is 11.3. The second-order valence-electron chi connectivity index (χ2n) is 5.91. The quantitative estimate of drug-likeness (QED) is 0.289. The Hall–Kier alpha value is -0.860. The van der Waals surface area contributed by atoms with E-state index in [0.29, 0.717) is 25.2 Å². The van der Waals surface area contributed by atoms with E-state index in [2.05, 4.69) is 52.9 Å². The van der Waals surface area contributed by atoms with E-state index >= 15 is 0 Å². The van der Waals surface area contributed by atoms with Gasteiger partial charge >= 0.3 is 0 Å². The zero-order chi connectivity index (χ0) is 17.9. The zero-order valence-electron chi connectivity index (χ0n) is 15.5. The average Bonchev–Trinajstić information content (AvgIpc) is 2.46. The first kappa shape index (κ1) is 22.1. The Morgan fingerprint density at radius 3 is 2.13 bits per heavy atom. The van der Waals surface area contributed by atoms with Gasteiger partial charge in [-0.25, -0.2) is 13.1 Å². The molecule has 0 bridgehead atoms. The fourth-order valence-electron chi connectivity index (χ4n) is 2.23. The van der Waals surface area contributed by atoms with Gasteiger partial charge in [-0.1, -0.05) is 0 Å². The Labute approximate surface area is 142 Å². The predicted octanol–water partition coefficient (Wildman–Crippen LogP) is 0.600. The summed E-state index contributed by atoms with van der Waals surface area (Å²) in [6.07, 6.45) is 0. The first-order valence-electron chi connectivity index (χ1n) is 8.48. The molecule has 0 aromatic heterocycles. The molecule has 23 heavy (non-hydrogen) atoms. The molecule has 0 saturated heterocycles. The maximum Gasteiger partial charge on any atom is 0.211 e. The van der Waals surface area contributed by atoms with E-state index in [0.717, 1.165) is 25.6 Å². The van der Waals surface area contributed by atoms with Crippen molar-refractivity contribution in [1.29, 1.82) is 0 Å². The number of hydrogen-bond acceptors (Lipinski definition) is 4. The number of guanidine groups is 1. The number of nitrogens with zero attached hydrogens (tertiary/aromatic N) is 2. The maximum absolute atomic E-state index is 11.3. The molecule has 0 atom stereocenters. The zero-order valence-corrected chi connectivity index (χ0v) is 16.3. The smallest absolute Gasteiger partial charge is 0.211 e. The first-order chi connectivity index (χ1) is 10.7. The molecule has 0 saturated carbocycles. The van der Waals surface area contributed by atoms with Crippen molar-refractivity contribution >= 4 is 16.0 Å². The monoisotopic (exact) mass is 349 g/mol. The number of aliphatic imine (C=N–C) groups is 1. The molecule has 138 valence electrons. The third-order valence-electron chi connectivity index (χ3n) is 3.42. The second kappa shape index (κ2) is 11.6. The number of nitrogens with one attached hydrogen (secondary N) is 3. The molecule has 0 amide bonds. The molecule has 0 radical (unpaired) electrons. The second-order valence-corrected chi connectivity index (χ2v) is 8.01. The summed E-state index contributed by atoms with van der Waals surface area (Å²) in [5.41, 5.74) is 0. The van der Waals surface area contributed by atoms with Gasteiger partial charge in [-0.05, 0) is 41.5 Å². The van der Waals surface area contributed by atoms with Crippen LogP contribution in [0, 0.1) is 0 Å². The summed E-state index contributed by atoms with van der Waals surface area (Å²) in [4.78, 5) is 6.80. The Kier molecular flexibility index (Phi) is 11.2. The van der Waals surface area contributed by atoms with Gasteiger partial charge in [-0.3, -0.25) is 9.89 Å². The fraction of sp³-hybridized carbons (Fsp3) is 0.933. The predicted molar refractivity (Wildman–Crippen MR) is 98.4 cm³/mol. The number of sulfonamides is 1. The Morgan fingerprint density at radius 1 is 1.04 bits per heavy atom. The molecule has 0 rings (SSSR count). The lowest BCUT2D eigenvalue weighted by atomic mass is 10.2. The summed E-state index contributed by atoms with van der Waals surface area (Å²) in [5, 5.41) is 6.46. The molecule has 0 aliphatic carbocycles. The van der Waals surface area contributed by atoms with Crippen LogP contribution in [-0.4, -0.2) is 69.8 Å². The SMILES string of the molecule is CCNC(=NCCNS(=O)(=O)CC)NCCN(C(C)C)C(C)C. The molecular weight excluding hydrogens is 314 g/mol. The van der Waals surface area contributed by atoms with Crippen LogP contribution in [0.25, 0.3) is 0 Å². The van der Waals surface area contributed by atoms with Crippen molar-refractivity contribution in [3.05, 3.63) is 0 Å². The molecule has 3 N–H and O–H groups in total. The molecule has 0 aromatic rings. The topological polar surface area (TPSA) is 85.8 Å². The average molecular weight is 350 g/mol. The number of hydrogen-bond donors (Lipinski definition) is 3. The van der Waals surface area contributed by atoms with E-state index in [-0.39, 0.29) is 5.75 Å². The van der Waals surface area contributed by atoms with Crippen molar-refractivity contribution in [2.45, 2.75) is 53.6 Å². The van der Waals surface area contributed by atoms with Crippen LogP contribution in [0.2, 0.25) is 0 Å². The van der Waals surface area contributed by atoms with E-state index in [9.17, 15) is 8.42 Å². The molecule has 0 unspecified atom stereocenters. The lowest BCUT2D eigenvalue weighted by molar-refractivity contribution is 0.178. The molecule has 0 aliphatic heterocycles. The van der Waals surface area contributed by atoms with E-state index < -0.39 is 10.0 Å². The summed E-state index contributed by atoms with van der Waals surface area (Å²) in [7, 11) is -3.14. The van der Waals surface area contributed by atoms with Crippen molar-refractivity contribution in [2.24, 2.45) is 4.99 Å². The highest BCUT2D eigenvalue weighted by molar-refractivity contribution is 7.89. The molecule has 7 nitrogen and oxygen atoms in total. The Balaban J connectivity index is 4.32. The summed E-state index contributed by atoms with van der Waals surface area (Å²) in [5.74, 6) is 0.811. The lowest BCUT2D eigenvalue weighted by Gasteiger charge is -2.30. The lowest BCUT2D eigenvalue weighted by Crippen LogP contribution is -2.45. The van der Waals surface area contributed by atoms with Gasteiger partial charge in [-0.2, -0.15) is 0 Å². The normalized spacial score (nSPS) is 13.2. The van der Waals surface area contributed by atoms with E-state index in [4.69, 9.17) is 0 Å². The van der Waals surface area contributed by atoms with Crippen LogP contribution in [0.4, 0.5) is 0 Å². The van der Waals surface area contributed by atoms with Gasteiger partial charge in [0.25, 0.3) is 0 Å². The van der Waals surface area contributed by atoms with Crippen molar-refractivity contribution in [3.63, 3.8) is 0 Å². The largest absolute Gasteiger partial charge is 0.357 e. The highest BCUT2D eigenvalue weighted by Gasteiger charge is 2.12. The Morgan fingerprint density at radius 2 is 1.65 bits per heavy atom. The van der Waals surface area contributed by atoms with Crippen molar-refractivity contribution in [2.75, 3.05) is 38.5 Å². The van der Waals surface area contributed by atoms with Crippen LogP contribution in [0.1, 0.15) is 41.5 Å². The van der Waals surface area contributed by atoms with Gasteiger partial charge in [0.15, 0.2) is 5.96 Å². The van der Waals surface area contributed by atoms with Gasteiger partial charge in [0, 0.05) is 38.3 Å². The van der Waals surface area contributed by atoms with Crippen LogP contribution < -0.4 is 15.4 Å². The van der Waals surface area contributed by atoms with Crippen molar-refractivity contribution in [1.82, 2.24) is 20.3 Å². The minimum absolute atomic E-state index is 0.0925. The highest BCUT2D eigenvalue weighted by atomic mass is 32.2. The van der Waals surface area contributed by atoms with Crippen LogP contribution in [0.5, 0.6) is 0 Å². The molecule has 0 spiro atoms. The van der Waals surface area contributed by atoms with Crippen molar-refractivity contribution in [3.8, 4) is 0 Å². The summed E-state index contributed by atoms with van der Waals surface area (Å²) in [6, 6.07) is 1.000. The van der Waals surface area contributed by atoms with Gasteiger partial charge in [0.2, 0.25) is 10.0 Å². The van der Waals surface area contributed by atoms with Crippen LogP contribution in [-0.2, 0) is 10.0 Å². The minimum Gasteiger partial charge on any atom is -0.357 e. The third kappa shape index (κ3) is 10.5. The first-order valence-corrected chi connectivity index (χ1v) is 10.1. The minimum atomic E-state index is -3.14. The Bertz CT molecular complexity index is 427. The van der Waals surface area contributed by atoms with Crippen LogP contribution in [0.15, 0.2) is 4.99 Å². The van der Waals surface area contributed by atoms with Gasteiger partial charge in [0.05, 0.1) is 12.3 Å². The van der Waals surface area contributed by atoms with E-state index in [1.165, 1.54) is 0 Å². The van der Waals surface area contributed by atoms with Gasteiger partial charge in [0.1, 0.15) is 0 Å². The van der Waals surface area contributed by atoms with Crippen LogP contribution >= 0.6 is 0 Å². The molecular formula is C15H35N5O2S. The standard InChI is InChI=1S/C15H35N5O2S/c1-7-16-15(17-9-10-19-23(21,22)8-2)18-11-12-20(13(3)4)14(5)6/h13-14,19H,7-12H2,1-6H3,(H2,16,17,18). The molecule has 0 fully saturated rings. The van der Waals surface area contributed by atoms with Gasteiger partial charge < -0.3 is 10.6 Å². The molecule has 0 aromatic carbocycles. The summed E-state index contributed by atoms with van der Waals surface area (Å²) < 4.78 is 25.2. The third-order valence-corrected chi connectivity index (χ3v) is 4.82. The number of rotatable bonds is 11. The van der Waals surface area contributed by atoms with E-state index in [1.807, 2.05) is 6.92 Å². The van der Waals surface area contributed by atoms with Crippen LogP contribution in [0.3, 0.4) is 0 Å².